The zero-order valence-electron chi connectivity index (χ0n) is 22.3. The van der Waals surface area contributed by atoms with Crippen LogP contribution in [0.2, 0.25) is 0 Å². The molecule has 2 aromatic rings. The number of hydrogen-bond acceptors (Lipinski definition) is 6. The second-order valence-electron chi connectivity index (χ2n) is 10.2. The van der Waals surface area contributed by atoms with E-state index in [-0.39, 0.29) is 11.6 Å². The van der Waals surface area contributed by atoms with Crippen molar-refractivity contribution in [1.29, 1.82) is 0 Å². The van der Waals surface area contributed by atoms with E-state index in [1.165, 1.54) is 12.8 Å². The summed E-state index contributed by atoms with van der Waals surface area (Å²) in [5.41, 5.74) is 4.26. The van der Waals surface area contributed by atoms with Gasteiger partial charge >= 0.3 is 0 Å². The van der Waals surface area contributed by atoms with Crippen molar-refractivity contribution in [2.24, 2.45) is 10.9 Å². The third-order valence-electron chi connectivity index (χ3n) is 7.69. The summed E-state index contributed by atoms with van der Waals surface area (Å²) < 4.78 is 39.4. The number of methoxy groups -OCH3 is 2. The summed E-state index contributed by atoms with van der Waals surface area (Å²) >= 11 is 0. The number of amidine groups is 1. The molecule has 1 unspecified atom stereocenters. The Kier molecular flexibility index (Phi) is 7.23. The highest BCUT2D eigenvalue weighted by atomic mass is 19.1. The molecule has 1 saturated carbocycles. The molecule has 0 amide bonds. The van der Waals surface area contributed by atoms with Gasteiger partial charge in [-0.15, -0.1) is 0 Å². The average molecular weight is 521 g/mol. The lowest BCUT2D eigenvalue weighted by molar-refractivity contribution is 0.396. The Morgan fingerprint density at radius 1 is 1.13 bits per heavy atom. The molecule has 5 rings (SSSR count). The SMILES string of the molecule is C=C1N=C(CCC2CC2)N(c2c(OC)cccc2OC)C(C)=C1C(=C)N1CCC(c2ncc(F)cc2F)C1. The van der Waals surface area contributed by atoms with Crippen LogP contribution in [0.1, 0.15) is 50.6 Å². The van der Waals surface area contributed by atoms with E-state index in [2.05, 4.69) is 27.9 Å². The van der Waals surface area contributed by atoms with E-state index in [1.54, 1.807) is 14.2 Å². The largest absolute Gasteiger partial charge is 0.494 e. The van der Waals surface area contributed by atoms with Crippen LogP contribution in [0.15, 0.2) is 71.3 Å². The van der Waals surface area contributed by atoms with Gasteiger partial charge in [-0.2, -0.15) is 0 Å². The molecule has 1 aromatic heterocycles. The quantitative estimate of drug-likeness (QED) is 0.374. The summed E-state index contributed by atoms with van der Waals surface area (Å²) in [6, 6.07) is 6.62. The van der Waals surface area contributed by atoms with Crippen molar-refractivity contribution in [3.63, 3.8) is 0 Å². The fourth-order valence-electron chi connectivity index (χ4n) is 5.52. The van der Waals surface area contributed by atoms with E-state index in [4.69, 9.17) is 14.5 Å². The van der Waals surface area contributed by atoms with Crippen LogP contribution >= 0.6 is 0 Å². The first-order valence-electron chi connectivity index (χ1n) is 13.1. The van der Waals surface area contributed by atoms with Crippen molar-refractivity contribution in [3.8, 4) is 11.5 Å². The van der Waals surface area contributed by atoms with Crippen LogP contribution in [0, 0.1) is 17.6 Å². The second-order valence-corrected chi connectivity index (χ2v) is 10.2. The summed E-state index contributed by atoms with van der Waals surface area (Å²) in [7, 11) is 3.29. The monoisotopic (exact) mass is 520 g/mol. The van der Waals surface area contributed by atoms with Crippen LogP contribution < -0.4 is 14.4 Å². The van der Waals surface area contributed by atoms with Crippen LogP contribution in [-0.2, 0) is 0 Å². The van der Waals surface area contributed by atoms with Gasteiger partial charge in [0, 0.05) is 48.5 Å². The summed E-state index contributed by atoms with van der Waals surface area (Å²) in [4.78, 5) is 13.3. The van der Waals surface area contributed by atoms with Crippen molar-refractivity contribution in [1.82, 2.24) is 9.88 Å². The van der Waals surface area contributed by atoms with E-state index in [0.717, 1.165) is 59.5 Å². The van der Waals surface area contributed by atoms with Crippen molar-refractivity contribution >= 4 is 11.5 Å². The van der Waals surface area contributed by atoms with Gasteiger partial charge in [-0.1, -0.05) is 32.1 Å². The van der Waals surface area contributed by atoms with Gasteiger partial charge in [0.15, 0.2) is 0 Å². The zero-order chi connectivity index (χ0) is 27.0. The number of likely N-dealkylation sites (tertiary alicyclic amines) is 1. The summed E-state index contributed by atoms with van der Waals surface area (Å²) in [5.74, 6) is 1.56. The maximum absolute atomic E-state index is 14.5. The van der Waals surface area contributed by atoms with Crippen molar-refractivity contribution < 1.29 is 18.3 Å². The van der Waals surface area contributed by atoms with E-state index >= 15 is 0 Å². The molecule has 3 heterocycles. The molecule has 38 heavy (non-hydrogen) atoms. The summed E-state index contributed by atoms with van der Waals surface area (Å²) in [5, 5.41) is 0. The number of rotatable bonds is 9. The lowest BCUT2D eigenvalue weighted by Crippen LogP contribution is -2.35. The van der Waals surface area contributed by atoms with Crippen molar-refractivity contribution in [2.45, 2.75) is 44.9 Å². The molecule has 1 aromatic carbocycles. The number of anilines is 1. The fourth-order valence-corrected chi connectivity index (χ4v) is 5.52. The van der Waals surface area contributed by atoms with Crippen LogP contribution in [0.4, 0.5) is 14.5 Å². The molecule has 0 radical (unpaired) electrons. The standard InChI is InChI=1S/C30H34F2N4O2/c1-18-28(19(2)35-14-13-22(17-35)29-24(32)15-23(31)16-33-29)20(3)36(27(34-18)12-11-21-9-10-21)30-25(37-4)7-6-8-26(30)38-5/h6-8,15-16,21-22H,1-2,9-14,17H2,3-5H3. The number of halogens is 2. The van der Waals surface area contributed by atoms with Gasteiger partial charge in [0.1, 0.15) is 34.7 Å². The number of aliphatic imine (C=N–C) groups is 1. The lowest BCUT2D eigenvalue weighted by atomic mass is 10.0. The van der Waals surface area contributed by atoms with Crippen LogP contribution in [0.25, 0.3) is 0 Å². The molecule has 2 aliphatic heterocycles. The predicted octanol–water partition coefficient (Wildman–Crippen LogP) is 6.58. The molecular formula is C30H34F2N4O2. The molecular weight excluding hydrogens is 486 g/mol. The Morgan fingerprint density at radius 2 is 1.84 bits per heavy atom. The molecule has 0 spiro atoms. The Morgan fingerprint density at radius 3 is 2.47 bits per heavy atom. The van der Waals surface area contributed by atoms with Crippen LogP contribution in [0.5, 0.6) is 11.5 Å². The highest BCUT2D eigenvalue weighted by Gasteiger charge is 2.35. The number of para-hydroxylation sites is 1. The van der Waals surface area contributed by atoms with Gasteiger partial charge in [-0.25, -0.2) is 13.8 Å². The second kappa shape index (κ2) is 10.6. The van der Waals surface area contributed by atoms with E-state index in [9.17, 15) is 8.78 Å². The average Bonchev–Trinajstić information content (AvgIpc) is 3.61. The summed E-state index contributed by atoms with van der Waals surface area (Å²) in [6.07, 6.45) is 6.16. The minimum Gasteiger partial charge on any atom is -0.494 e. The molecule has 1 aliphatic carbocycles. The minimum absolute atomic E-state index is 0.159. The van der Waals surface area contributed by atoms with E-state index in [0.29, 0.717) is 36.7 Å². The van der Waals surface area contributed by atoms with Gasteiger partial charge in [-0.3, -0.25) is 9.88 Å². The maximum Gasteiger partial charge on any atom is 0.147 e. The number of ether oxygens (including phenoxy) is 2. The molecule has 8 heteroatoms. The maximum atomic E-state index is 14.5. The third kappa shape index (κ3) is 4.91. The Hall–Kier alpha value is -3.68. The number of pyridine rings is 1. The van der Waals surface area contributed by atoms with E-state index < -0.39 is 11.6 Å². The first-order chi connectivity index (χ1) is 18.3. The van der Waals surface area contributed by atoms with Gasteiger partial charge in [0.25, 0.3) is 0 Å². The third-order valence-corrected chi connectivity index (χ3v) is 7.69. The normalized spacial score (nSPS) is 19.7. The molecule has 6 nitrogen and oxygen atoms in total. The Labute approximate surface area is 223 Å². The van der Waals surface area contributed by atoms with Crippen LogP contribution in [0.3, 0.4) is 0 Å². The lowest BCUT2D eigenvalue weighted by Gasteiger charge is -2.36. The Bertz CT molecular complexity index is 1310. The fraction of sp³-hybridized carbons (Fsp3) is 0.400. The molecule has 200 valence electrons. The molecule has 2 fully saturated rings. The predicted molar refractivity (Wildman–Crippen MR) is 145 cm³/mol. The molecule has 3 aliphatic rings. The highest BCUT2D eigenvalue weighted by Crippen LogP contribution is 2.45. The number of benzene rings is 1. The molecule has 1 atom stereocenters. The number of allylic oxidation sites excluding steroid dienone is 1. The van der Waals surface area contributed by atoms with Crippen molar-refractivity contribution in [3.05, 3.63) is 83.6 Å². The topological polar surface area (TPSA) is 50.2 Å². The summed E-state index contributed by atoms with van der Waals surface area (Å²) in [6.45, 7) is 12.0. The first-order valence-corrected chi connectivity index (χ1v) is 13.1. The van der Waals surface area contributed by atoms with Crippen LogP contribution in [-0.4, -0.2) is 43.0 Å². The Balaban J connectivity index is 1.49. The van der Waals surface area contributed by atoms with Gasteiger partial charge in [0.05, 0.1) is 31.8 Å². The molecule has 0 N–H and O–H groups in total. The van der Waals surface area contributed by atoms with Gasteiger partial charge in [-0.05, 0) is 37.8 Å². The van der Waals surface area contributed by atoms with E-state index in [1.807, 2.05) is 25.1 Å². The smallest absolute Gasteiger partial charge is 0.147 e. The highest BCUT2D eigenvalue weighted by molar-refractivity contribution is 6.05. The van der Waals surface area contributed by atoms with Crippen molar-refractivity contribution in [2.75, 3.05) is 32.2 Å². The van der Waals surface area contributed by atoms with Gasteiger partial charge < -0.3 is 14.4 Å². The molecule has 0 bridgehead atoms. The zero-order valence-corrected chi connectivity index (χ0v) is 22.3. The minimum atomic E-state index is -0.674. The number of hydrogen-bond donors (Lipinski definition) is 0. The van der Waals surface area contributed by atoms with Gasteiger partial charge in [0.2, 0.25) is 0 Å². The first kappa shape index (κ1) is 25.9. The number of nitrogens with zero attached hydrogens (tertiary/aromatic N) is 4. The number of aromatic nitrogens is 1. The molecule has 1 saturated heterocycles.